The summed E-state index contributed by atoms with van der Waals surface area (Å²) in [4.78, 5) is 15.9. The highest BCUT2D eigenvalue weighted by atomic mass is 32.1. The molecule has 5 nitrogen and oxygen atoms in total. The van der Waals surface area contributed by atoms with E-state index in [1.54, 1.807) is 17.5 Å². The Morgan fingerprint density at radius 3 is 3.04 bits per heavy atom. The molecule has 0 unspecified atom stereocenters. The maximum atomic E-state index is 12.4. The van der Waals surface area contributed by atoms with Gasteiger partial charge in [0.05, 0.1) is 19.3 Å². The fourth-order valence-electron chi connectivity index (χ4n) is 2.72. The maximum Gasteiger partial charge on any atom is 0.239 e. The third-order valence-corrected chi connectivity index (χ3v) is 4.85. The molecule has 6 heteroatoms. The van der Waals surface area contributed by atoms with E-state index in [-0.39, 0.29) is 5.91 Å². The van der Waals surface area contributed by atoms with Gasteiger partial charge in [-0.15, -0.1) is 11.3 Å². The molecule has 0 atom stereocenters. The number of hydrogen-bond donors (Lipinski definition) is 1. The number of carbonyl (C=O) groups excluding carboxylic acids is 1. The minimum absolute atomic E-state index is 0.0482. The summed E-state index contributed by atoms with van der Waals surface area (Å²) in [5, 5.41) is 9.38. The lowest BCUT2D eigenvalue weighted by Gasteiger charge is -2.20. The number of carbonyl (C=O) groups is 1. The molecule has 23 heavy (non-hydrogen) atoms. The van der Waals surface area contributed by atoms with Crippen LogP contribution in [-0.2, 0) is 11.3 Å². The number of hydrogen-bond acceptors (Lipinski definition) is 4. The van der Waals surface area contributed by atoms with Crippen LogP contribution in [0.3, 0.4) is 0 Å². The molecule has 1 saturated carbocycles. The highest BCUT2D eigenvalue weighted by molar-refractivity contribution is 7.09. The Morgan fingerprint density at radius 1 is 1.48 bits per heavy atom. The SMILES string of the molecule is CCCN(CC(=O)Nc1ccnn1Cc1cccs1)CC1CC1. The summed E-state index contributed by atoms with van der Waals surface area (Å²) in [6, 6.07) is 5.97. The second kappa shape index (κ2) is 7.75. The molecule has 1 aliphatic rings. The summed E-state index contributed by atoms with van der Waals surface area (Å²) in [5.74, 6) is 1.62. The monoisotopic (exact) mass is 332 g/mol. The van der Waals surface area contributed by atoms with E-state index >= 15 is 0 Å². The first-order chi connectivity index (χ1) is 11.2. The second-order valence-electron chi connectivity index (χ2n) is 6.18. The summed E-state index contributed by atoms with van der Waals surface area (Å²) in [6.07, 6.45) is 5.44. The molecule has 0 aromatic carbocycles. The highest BCUT2D eigenvalue weighted by Crippen LogP contribution is 2.29. The summed E-state index contributed by atoms with van der Waals surface area (Å²) >= 11 is 1.70. The molecule has 2 heterocycles. The van der Waals surface area contributed by atoms with Crippen molar-refractivity contribution in [2.75, 3.05) is 25.0 Å². The van der Waals surface area contributed by atoms with Crippen molar-refractivity contribution in [1.29, 1.82) is 0 Å². The van der Waals surface area contributed by atoms with Crippen LogP contribution in [0.5, 0.6) is 0 Å². The van der Waals surface area contributed by atoms with Crippen LogP contribution in [0.4, 0.5) is 5.82 Å². The van der Waals surface area contributed by atoms with Gasteiger partial charge in [-0.25, -0.2) is 4.68 Å². The molecule has 2 aromatic heterocycles. The van der Waals surface area contributed by atoms with E-state index < -0.39 is 0 Å². The van der Waals surface area contributed by atoms with Gasteiger partial charge in [0.1, 0.15) is 5.82 Å². The summed E-state index contributed by atoms with van der Waals surface area (Å²) in [5.41, 5.74) is 0. The number of amides is 1. The zero-order chi connectivity index (χ0) is 16.1. The third kappa shape index (κ3) is 4.91. The molecule has 1 N–H and O–H groups in total. The number of nitrogens with zero attached hydrogens (tertiary/aromatic N) is 3. The van der Waals surface area contributed by atoms with Gasteiger partial charge in [-0.3, -0.25) is 9.69 Å². The summed E-state index contributed by atoms with van der Waals surface area (Å²) < 4.78 is 1.84. The van der Waals surface area contributed by atoms with E-state index in [2.05, 4.69) is 33.7 Å². The lowest BCUT2D eigenvalue weighted by atomic mass is 10.3. The fourth-order valence-corrected chi connectivity index (χ4v) is 3.40. The first-order valence-electron chi connectivity index (χ1n) is 8.31. The number of anilines is 1. The minimum atomic E-state index is 0.0482. The Labute approximate surface area is 141 Å². The minimum Gasteiger partial charge on any atom is -0.310 e. The van der Waals surface area contributed by atoms with Crippen LogP contribution in [0.15, 0.2) is 29.8 Å². The molecule has 1 fully saturated rings. The maximum absolute atomic E-state index is 12.4. The summed E-state index contributed by atoms with van der Waals surface area (Å²) in [6.45, 7) is 5.36. The standard InChI is InChI=1S/C17H24N4OS/c1-2-9-20(11-14-5-6-14)13-17(22)19-16-7-8-18-21(16)12-15-4-3-10-23-15/h3-4,7-8,10,14H,2,5-6,9,11-13H2,1H3,(H,19,22). The Hall–Kier alpha value is -1.66. The average Bonchev–Trinajstić information content (AvgIpc) is 3.00. The Bertz CT molecular complexity index is 618. The zero-order valence-electron chi connectivity index (χ0n) is 13.6. The number of aromatic nitrogens is 2. The van der Waals surface area contributed by atoms with Gasteiger partial charge in [0.15, 0.2) is 0 Å². The fraction of sp³-hybridized carbons (Fsp3) is 0.529. The van der Waals surface area contributed by atoms with Gasteiger partial charge in [-0.2, -0.15) is 5.10 Å². The van der Waals surface area contributed by atoms with Gasteiger partial charge in [0.2, 0.25) is 5.91 Å². The summed E-state index contributed by atoms with van der Waals surface area (Å²) in [7, 11) is 0. The van der Waals surface area contributed by atoms with Gasteiger partial charge >= 0.3 is 0 Å². The molecule has 0 saturated heterocycles. The van der Waals surface area contributed by atoms with Gasteiger partial charge in [0, 0.05) is 17.5 Å². The number of thiophene rings is 1. The van der Waals surface area contributed by atoms with Crippen LogP contribution in [0.1, 0.15) is 31.1 Å². The van der Waals surface area contributed by atoms with E-state index in [0.717, 1.165) is 31.2 Å². The van der Waals surface area contributed by atoms with E-state index in [0.29, 0.717) is 13.1 Å². The lowest BCUT2D eigenvalue weighted by molar-refractivity contribution is -0.117. The number of rotatable bonds is 9. The first-order valence-corrected chi connectivity index (χ1v) is 9.19. The van der Waals surface area contributed by atoms with E-state index in [9.17, 15) is 4.79 Å². The molecule has 1 amide bonds. The topological polar surface area (TPSA) is 50.2 Å². The van der Waals surface area contributed by atoms with Crippen LogP contribution in [0.25, 0.3) is 0 Å². The van der Waals surface area contributed by atoms with Crippen LogP contribution in [0.2, 0.25) is 0 Å². The average molecular weight is 332 g/mol. The molecule has 124 valence electrons. The van der Waals surface area contributed by atoms with Gasteiger partial charge in [-0.1, -0.05) is 13.0 Å². The van der Waals surface area contributed by atoms with E-state index in [1.807, 2.05) is 16.8 Å². The quantitative estimate of drug-likeness (QED) is 0.768. The highest BCUT2D eigenvalue weighted by Gasteiger charge is 2.25. The van der Waals surface area contributed by atoms with Crippen LogP contribution in [0, 0.1) is 5.92 Å². The van der Waals surface area contributed by atoms with E-state index in [4.69, 9.17) is 0 Å². The molecule has 0 bridgehead atoms. The van der Waals surface area contributed by atoms with Crippen molar-refractivity contribution in [3.8, 4) is 0 Å². The smallest absolute Gasteiger partial charge is 0.239 e. The van der Waals surface area contributed by atoms with Gasteiger partial charge in [-0.05, 0) is 43.2 Å². The van der Waals surface area contributed by atoms with Gasteiger partial charge < -0.3 is 5.32 Å². The van der Waals surface area contributed by atoms with Crippen molar-refractivity contribution < 1.29 is 4.79 Å². The van der Waals surface area contributed by atoms with Crippen molar-refractivity contribution in [3.05, 3.63) is 34.7 Å². The molecule has 2 aromatic rings. The van der Waals surface area contributed by atoms with Crippen molar-refractivity contribution in [2.45, 2.75) is 32.7 Å². The molecule has 0 radical (unpaired) electrons. The van der Waals surface area contributed by atoms with Crippen LogP contribution < -0.4 is 5.32 Å². The van der Waals surface area contributed by atoms with Crippen molar-refractivity contribution in [1.82, 2.24) is 14.7 Å². The molecule has 3 rings (SSSR count). The predicted molar refractivity (Wildman–Crippen MR) is 93.7 cm³/mol. The lowest BCUT2D eigenvalue weighted by Crippen LogP contribution is -2.35. The predicted octanol–water partition coefficient (Wildman–Crippen LogP) is 3.05. The second-order valence-corrected chi connectivity index (χ2v) is 7.21. The third-order valence-electron chi connectivity index (χ3n) is 3.99. The van der Waals surface area contributed by atoms with Crippen molar-refractivity contribution >= 4 is 23.1 Å². The molecular formula is C17H24N4OS. The molecule has 0 spiro atoms. The molecule has 0 aliphatic heterocycles. The number of nitrogens with one attached hydrogen (secondary N) is 1. The van der Waals surface area contributed by atoms with Crippen LogP contribution in [-0.4, -0.2) is 40.2 Å². The van der Waals surface area contributed by atoms with Crippen molar-refractivity contribution in [3.63, 3.8) is 0 Å². The van der Waals surface area contributed by atoms with Gasteiger partial charge in [0.25, 0.3) is 0 Å². The largest absolute Gasteiger partial charge is 0.310 e. The first kappa shape index (κ1) is 16.2. The normalized spacial score (nSPS) is 14.3. The van der Waals surface area contributed by atoms with Crippen molar-refractivity contribution in [2.24, 2.45) is 5.92 Å². The Balaban J connectivity index is 1.55. The zero-order valence-corrected chi connectivity index (χ0v) is 14.4. The molecule has 1 aliphatic carbocycles. The molecular weight excluding hydrogens is 308 g/mol. The Morgan fingerprint density at radius 2 is 2.35 bits per heavy atom. The van der Waals surface area contributed by atoms with Crippen LogP contribution >= 0.6 is 11.3 Å². The Kier molecular flexibility index (Phi) is 5.46. The van der Waals surface area contributed by atoms with E-state index in [1.165, 1.54) is 17.7 Å².